The SMILES string of the molecule is O=C(O)c1cc(Br)cn1CCCOc1ccccc1. The van der Waals surface area contributed by atoms with Crippen molar-refractivity contribution in [2.75, 3.05) is 6.61 Å². The third-order valence-electron chi connectivity index (χ3n) is 2.64. The Balaban J connectivity index is 1.84. The van der Waals surface area contributed by atoms with Crippen LogP contribution in [0.25, 0.3) is 0 Å². The van der Waals surface area contributed by atoms with Crippen LogP contribution < -0.4 is 4.74 Å². The van der Waals surface area contributed by atoms with Crippen molar-refractivity contribution in [3.8, 4) is 5.75 Å². The topological polar surface area (TPSA) is 51.5 Å². The Morgan fingerprint density at radius 2 is 2.05 bits per heavy atom. The number of rotatable bonds is 6. The van der Waals surface area contributed by atoms with Crippen molar-refractivity contribution in [2.45, 2.75) is 13.0 Å². The smallest absolute Gasteiger partial charge is 0.352 e. The molecule has 0 spiro atoms. The van der Waals surface area contributed by atoms with E-state index in [1.54, 1.807) is 16.8 Å². The molecule has 0 bridgehead atoms. The highest BCUT2D eigenvalue weighted by molar-refractivity contribution is 9.10. The van der Waals surface area contributed by atoms with Gasteiger partial charge in [0.1, 0.15) is 11.4 Å². The van der Waals surface area contributed by atoms with Crippen LogP contribution in [0, 0.1) is 0 Å². The van der Waals surface area contributed by atoms with Gasteiger partial charge >= 0.3 is 5.97 Å². The minimum atomic E-state index is -0.922. The first kappa shape index (κ1) is 13.7. The summed E-state index contributed by atoms with van der Waals surface area (Å²) in [4.78, 5) is 11.0. The molecule has 1 aromatic carbocycles. The molecule has 0 radical (unpaired) electrons. The van der Waals surface area contributed by atoms with Crippen LogP contribution in [0.15, 0.2) is 47.1 Å². The van der Waals surface area contributed by atoms with E-state index in [0.29, 0.717) is 13.2 Å². The highest BCUT2D eigenvalue weighted by Crippen LogP contribution is 2.16. The first-order valence-corrected chi connectivity index (χ1v) is 6.73. The second kappa shape index (κ2) is 6.43. The maximum Gasteiger partial charge on any atom is 0.352 e. The molecule has 1 aromatic heterocycles. The van der Waals surface area contributed by atoms with Crippen LogP contribution in [0.4, 0.5) is 0 Å². The number of aryl methyl sites for hydroxylation is 1. The molecular formula is C14H14BrNO3. The van der Waals surface area contributed by atoms with E-state index >= 15 is 0 Å². The van der Waals surface area contributed by atoms with Gasteiger partial charge in [-0.05, 0) is 40.5 Å². The maximum absolute atomic E-state index is 11.0. The van der Waals surface area contributed by atoms with Gasteiger partial charge < -0.3 is 14.4 Å². The fourth-order valence-corrected chi connectivity index (χ4v) is 2.24. The second-order valence-corrected chi connectivity index (χ2v) is 4.97. The van der Waals surface area contributed by atoms with Gasteiger partial charge in [-0.1, -0.05) is 18.2 Å². The van der Waals surface area contributed by atoms with Crippen LogP contribution in [0.2, 0.25) is 0 Å². The molecule has 1 heterocycles. The normalized spacial score (nSPS) is 10.4. The molecule has 0 aliphatic heterocycles. The van der Waals surface area contributed by atoms with Crippen LogP contribution in [0.1, 0.15) is 16.9 Å². The summed E-state index contributed by atoms with van der Waals surface area (Å²) in [5.74, 6) is -0.0932. The molecule has 5 heteroatoms. The number of carbonyl (C=O) groups is 1. The van der Waals surface area contributed by atoms with Crippen molar-refractivity contribution in [3.05, 3.63) is 52.8 Å². The number of benzene rings is 1. The molecule has 0 unspecified atom stereocenters. The molecule has 0 amide bonds. The lowest BCUT2D eigenvalue weighted by Gasteiger charge is -2.08. The Bertz CT molecular complexity index is 551. The molecule has 0 aliphatic carbocycles. The average molecular weight is 324 g/mol. The zero-order valence-corrected chi connectivity index (χ0v) is 11.8. The molecular weight excluding hydrogens is 310 g/mol. The van der Waals surface area contributed by atoms with E-state index < -0.39 is 5.97 Å². The van der Waals surface area contributed by atoms with Crippen LogP contribution >= 0.6 is 15.9 Å². The number of nitrogens with zero attached hydrogens (tertiary/aromatic N) is 1. The zero-order chi connectivity index (χ0) is 13.7. The average Bonchev–Trinajstić information content (AvgIpc) is 2.77. The molecule has 100 valence electrons. The maximum atomic E-state index is 11.0. The molecule has 4 nitrogen and oxygen atoms in total. The Morgan fingerprint density at radius 1 is 1.32 bits per heavy atom. The number of para-hydroxylation sites is 1. The van der Waals surface area contributed by atoms with E-state index in [4.69, 9.17) is 9.84 Å². The second-order valence-electron chi connectivity index (χ2n) is 4.06. The predicted molar refractivity (Wildman–Crippen MR) is 75.6 cm³/mol. The summed E-state index contributed by atoms with van der Waals surface area (Å²) in [7, 11) is 0. The number of ether oxygens (including phenoxy) is 1. The van der Waals surface area contributed by atoms with Crippen molar-refractivity contribution < 1.29 is 14.6 Å². The Kier molecular flexibility index (Phi) is 4.63. The predicted octanol–water partition coefficient (Wildman–Crippen LogP) is 3.42. The summed E-state index contributed by atoms with van der Waals surface area (Å²) in [5.41, 5.74) is 0.284. The molecule has 0 aliphatic rings. The van der Waals surface area contributed by atoms with Crippen molar-refractivity contribution in [2.24, 2.45) is 0 Å². The largest absolute Gasteiger partial charge is 0.494 e. The van der Waals surface area contributed by atoms with Crippen molar-refractivity contribution in [1.82, 2.24) is 4.57 Å². The summed E-state index contributed by atoms with van der Waals surface area (Å²) in [6.45, 7) is 1.17. The molecule has 0 saturated heterocycles. The third-order valence-corrected chi connectivity index (χ3v) is 3.07. The molecule has 1 N–H and O–H groups in total. The van der Waals surface area contributed by atoms with E-state index in [1.807, 2.05) is 30.3 Å². The first-order chi connectivity index (χ1) is 9.16. The third kappa shape index (κ3) is 3.86. The van der Waals surface area contributed by atoms with Gasteiger partial charge in [0.05, 0.1) is 6.61 Å². The fraction of sp³-hybridized carbons (Fsp3) is 0.214. The summed E-state index contributed by atoms with van der Waals surface area (Å²) >= 11 is 3.28. The van der Waals surface area contributed by atoms with Crippen LogP contribution in [-0.2, 0) is 6.54 Å². The summed E-state index contributed by atoms with van der Waals surface area (Å²) < 4.78 is 8.04. The fourth-order valence-electron chi connectivity index (χ4n) is 1.78. The summed E-state index contributed by atoms with van der Waals surface area (Å²) in [6.07, 6.45) is 2.52. The van der Waals surface area contributed by atoms with Gasteiger partial charge in [-0.15, -0.1) is 0 Å². The van der Waals surface area contributed by atoms with Gasteiger partial charge in [-0.3, -0.25) is 0 Å². The Morgan fingerprint density at radius 3 is 2.74 bits per heavy atom. The van der Waals surface area contributed by atoms with E-state index in [-0.39, 0.29) is 5.69 Å². The Labute approximate surface area is 119 Å². The highest BCUT2D eigenvalue weighted by Gasteiger charge is 2.10. The quantitative estimate of drug-likeness (QED) is 0.829. The lowest BCUT2D eigenvalue weighted by Crippen LogP contribution is -2.10. The molecule has 2 rings (SSSR count). The monoisotopic (exact) mass is 323 g/mol. The summed E-state index contributed by atoms with van der Waals surface area (Å²) in [5, 5.41) is 9.04. The molecule has 2 aromatic rings. The van der Waals surface area contributed by atoms with Gasteiger partial charge in [0.2, 0.25) is 0 Å². The number of hydrogen-bond donors (Lipinski definition) is 1. The molecule has 0 fully saturated rings. The van der Waals surface area contributed by atoms with Gasteiger partial charge in [-0.2, -0.15) is 0 Å². The van der Waals surface area contributed by atoms with Crippen molar-refractivity contribution in [3.63, 3.8) is 0 Å². The van der Waals surface area contributed by atoms with Gasteiger partial charge in [-0.25, -0.2) is 4.79 Å². The van der Waals surface area contributed by atoms with Gasteiger partial charge in [0.15, 0.2) is 0 Å². The van der Waals surface area contributed by atoms with Crippen molar-refractivity contribution >= 4 is 21.9 Å². The molecule has 19 heavy (non-hydrogen) atoms. The number of aromatic nitrogens is 1. The van der Waals surface area contributed by atoms with Crippen LogP contribution in [0.3, 0.4) is 0 Å². The van der Waals surface area contributed by atoms with Crippen LogP contribution in [-0.4, -0.2) is 22.2 Å². The Hall–Kier alpha value is -1.75. The number of carboxylic acids is 1. The number of aromatic carboxylic acids is 1. The van der Waals surface area contributed by atoms with Gasteiger partial charge in [0.25, 0.3) is 0 Å². The van der Waals surface area contributed by atoms with E-state index in [1.165, 1.54) is 0 Å². The zero-order valence-electron chi connectivity index (χ0n) is 10.3. The minimum Gasteiger partial charge on any atom is -0.494 e. The minimum absolute atomic E-state index is 0.284. The van der Waals surface area contributed by atoms with Crippen molar-refractivity contribution in [1.29, 1.82) is 0 Å². The number of hydrogen-bond acceptors (Lipinski definition) is 2. The van der Waals surface area contributed by atoms with E-state index in [0.717, 1.165) is 16.6 Å². The molecule has 0 saturated carbocycles. The van der Waals surface area contributed by atoms with E-state index in [9.17, 15) is 4.79 Å². The number of halogens is 1. The van der Waals surface area contributed by atoms with Gasteiger partial charge in [0, 0.05) is 17.2 Å². The highest BCUT2D eigenvalue weighted by atomic mass is 79.9. The standard InChI is InChI=1S/C14H14BrNO3/c15-11-9-13(14(17)18)16(10-11)7-4-8-19-12-5-2-1-3-6-12/h1-3,5-6,9-10H,4,7-8H2,(H,17,18). The number of carboxylic acid groups (broad SMARTS) is 1. The van der Waals surface area contributed by atoms with Crippen LogP contribution in [0.5, 0.6) is 5.75 Å². The lowest BCUT2D eigenvalue weighted by molar-refractivity contribution is 0.0684. The lowest BCUT2D eigenvalue weighted by atomic mass is 10.3. The first-order valence-electron chi connectivity index (χ1n) is 5.93. The molecule has 0 atom stereocenters. The van der Waals surface area contributed by atoms with E-state index in [2.05, 4.69) is 15.9 Å². The summed E-state index contributed by atoms with van der Waals surface area (Å²) in [6, 6.07) is 11.2.